The highest BCUT2D eigenvalue weighted by molar-refractivity contribution is 9.11. The predicted molar refractivity (Wildman–Crippen MR) is 124 cm³/mol. The summed E-state index contributed by atoms with van der Waals surface area (Å²) in [5.41, 5.74) is 0.886. The Hall–Kier alpha value is -2.72. The summed E-state index contributed by atoms with van der Waals surface area (Å²) in [6.07, 6.45) is 2.09. The number of carbonyl (C=O) groups excluding carboxylic acids is 1. The molecule has 0 radical (unpaired) electrons. The van der Waals surface area contributed by atoms with E-state index < -0.39 is 18.2 Å². The average Bonchev–Trinajstić information content (AvgIpc) is 3.19. The Morgan fingerprint density at radius 2 is 1.97 bits per heavy atom. The molecule has 0 spiro atoms. The molecule has 32 heavy (non-hydrogen) atoms. The van der Waals surface area contributed by atoms with Crippen molar-refractivity contribution < 1.29 is 34.0 Å². The van der Waals surface area contributed by atoms with Crippen LogP contribution in [0.5, 0.6) is 17.2 Å². The van der Waals surface area contributed by atoms with Crippen LogP contribution in [0, 0.1) is 5.92 Å². The maximum absolute atomic E-state index is 12.7. The minimum atomic E-state index is -1.03. The molecule has 0 aliphatic carbocycles. The number of benzene rings is 2. The fraction of sp³-hybridized carbons (Fsp3) is 0.273. The number of anilines is 1. The second kappa shape index (κ2) is 10.7. The summed E-state index contributed by atoms with van der Waals surface area (Å²) in [6, 6.07) is 8.35. The number of carboxylic acid groups (broad SMARTS) is 1. The van der Waals surface area contributed by atoms with E-state index in [9.17, 15) is 14.7 Å². The van der Waals surface area contributed by atoms with E-state index in [1.807, 2.05) is 6.92 Å². The third-order valence-electron chi connectivity index (χ3n) is 4.78. The molecule has 0 aromatic heterocycles. The lowest BCUT2D eigenvalue weighted by molar-refractivity contribution is -0.131. The van der Waals surface area contributed by atoms with Crippen molar-refractivity contribution in [3.63, 3.8) is 0 Å². The van der Waals surface area contributed by atoms with E-state index in [1.54, 1.807) is 36.4 Å². The maximum Gasteiger partial charge on any atom is 0.412 e. The van der Waals surface area contributed by atoms with Gasteiger partial charge in [-0.15, -0.1) is 0 Å². The number of halogens is 2. The summed E-state index contributed by atoms with van der Waals surface area (Å²) < 4.78 is 17.5. The predicted octanol–water partition coefficient (Wildman–Crippen LogP) is 5.99. The van der Waals surface area contributed by atoms with E-state index >= 15 is 0 Å². The van der Waals surface area contributed by atoms with Gasteiger partial charge in [0.2, 0.25) is 6.79 Å². The van der Waals surface area contributed by atoms with Crippen LogP contribution in [0.3, 0.4) is 0 Å². The number of hydrogen-bond donors (Lipinski definition) is 3. The van der Waals surface area contributed by atoms with Crippen LogP contribution in [-0.2, 0) is 9.53 Å². The van der Waals surface area contributed by atoms with E-state index in [0.29, 0.717) is 44.5 Å². The highest BCUT2D eigenvalue weighted by Crippen LogP contribution is 2.41. The number of carboxylic acids is 1. The molecule has 3 N–H and O–H groups in total. The van der Waals surface area contributed by atoms with Gasteiger partial charge in [0.1, 0.15) is 11.9 Å². The van der Waals surface area contributed by atoms with E-state index in [2.05, 4.69) is 37.2 Å². The van der Waals surface area contributed by atoms with Crippen LogP contribution in [0.1, 0.15) is 31.4 Å². The van der Waals surface area contributed by atoms with Gasteiger partial charge in [0.05, 0.1) is 4.47 Å². The van der Waals surface area contributed by atoms with Crippen molar-refractivity contribution in [1.82, 2.24) is 0 Å². The number of phenols is 1. The van der Waals surface area contributed by atoms with Gasteiger partial charge in [0, 0.05) is 27.9 Å². The van der Waals surface area contributed by atoms with Crippen molar-refractivity contribution in [2.75, 3.05) is 12.1 Å². The minimum absolute atomic E-state index is 0.0398. The van der Waals surface area contributed by atoms with Crippen LogP contribution in [0.2, 0.25) is 0 Å². The van der Waals surface area contributed by atoms with Crippen LogP contribution < -0.4 is 14.8 Å². The standard InChI is InChI=1S/C22H21Br2NO7/c1-12(4-2-3-5-19(26)27)21(15-8-13(23)9-16(24)20(15)28)32-22(29)25-14-6-7-17-18(10-14)31-11-30-17/h3,5-10,12,21,28H,2,4,11H2,1H3,(H,25,29)(H,26,27)/b5-3+/t12-,21+/m1/s1. The normalized spacial score (nSPS) is 14.2. The molecule has 2 aromatic carbocycles. The number of fused-ring (bicyclic) bond motifs is 1. The molecule has 0 saturated heterocycles. The molecule has 8 nitrogen and oxygen atoms in total. The maximum atomic E-state index is 12.7. The topological polar surface area (TPSA) is 114 Å². The van der Waals surface area contributed by atoms with Crippen LogP contribution in [0.15, 0.2) is 51.4 Å². The lowest BCUT2D eigenvalue weighted by Crippen LogP contribution is -2.22. The molecule has 1 aliphatic rings. The lowest BCUT2D eigenvalue weighted by atomic mass is 9.92. The van der Waals surface area contributed by atoms with E-state index in [-0.39, 0.29) is 18.5 Å². The van der Waals surface area contributed by atoms with Gasteiger partial charge < -0.3 is 24.4 Å². The molecular formula is C22H21Br2NO7. The zero-order chi connectivity index (χ0) is 23.3. The second-order valence-corrected chi connectivity index (χ2v) is 8.91. The highest BCUT2D eigenvalue weighted by atomic mass is 79.9. The third-order valence-corrected chi connectivity index (χ3v) is 5.85. The van der Waals surface area contributed by atoms with Gasteiger partial charge in [-0.05, 0) is 59.0 Å². The molecular weight excluding hydrogens is 550 g/mol. The van der Waals surface area contributed by atoms with Crippen molar-refractivity contribution in [3.8, 4) is 17.2 Å². The highest BCUT2D eigenvalue weighted by Gasteiger charge is 2.28. The molecule has 10 heteroatoms. The summed E-state index contributed by atoms with van der Waals surface area (Å²) in [4.78, 5) is 23.4. The Kier molecular flexibility index (Phi) is 8.03. The average molecular weight is 571 g/mol. The van der Waals surface area contributed by atoms with Crippen LogP contribution >= 0.6 is 31.9 Å². The first-order valence-corrected chi connectivity index (χ1v) is 11.3. The number of amides is 1. The SMILES string of the molecule is C[C@H](CC/C=C/C(=O)O)[C@H](OC(=O)Nc1ccc2c(c1)OCO2)c1cc(Br)cc(Br)c1O. The number of aromatic hydroxyl groups is 1. The molecule has 1 heterocycles. The summed E-state index contributed by atoms with van der Waals surface area (Å²) in [6.45, 7) is 1.98. The van der Waals surface area contributed by atoms with Gasteiger partial charge in [-0.3, -0.25) is 5.32 Å². The summed E-state index contributed by atoms with van der Waals surface area (Å²) in [5, 5.41) is 22.0. The Labute approximate surface area is 201 Å². The third kappa shape index (κ3) is 6.17. The quantitative estimate of drug-likeness (QED) is 0.334. The van der Waals surface area contributed by atoms with Gasteiger partial charge in [0.15, 0.2) is 11.5 Å². The molecule has 2 atom stereocenters. The number of hydrogen-bond acceptors (Lipinski definition) is 6. The number of allylic oxidation sites excluding steroid dienone is 1. The molecule has 1 amide bonds. The summed E-state index contributed by atoms with van der Waals surface area (Å²) in [7, 11) is 0. The van der Waals surface area contributed by atoms with Gasteiger partial charge in [-0.1, -0.05) is 28.9 Å². The Morgan fingerprint density at radius 1 is 1.22 bits per heavy atom. The molecule has 2 aromatic rings. The lowest BCUT2D eigenvalue weighted by Gasteiger charge is -2.26. The number of aliphatic carboxylic acids is 1. The zero-order valence-corrected chi connectivity index (χ0v) is 20.2. The fourth-order valence-electron chi connectivity index (χ4n) is 3.22. The van der Waals surface area contributed by atoms with Crippen LogP contribution in [0.25, 0.3) is 0 Å². The summed E-state index contributed by atoms with van der Waals surface area (Å²) in [5.74, 6) is -0.188. The molecule has 0 saturated carbocycles. The Balaban J connectivity index is 1.78. The van der Waals surface area contributed by atoms with Crippen molar-refractivity contribution in [2.45, 2.75) is 25.9 Å². The van der Waals surface area contributed by atoms with E-state index in [0.717, 1.165) is 6.08 Å². The van der Waals surface area contributed by atoms with Gasteiger partial charge in [-0.2, -0.15) is 0 Å². The first kappa shape index (κ1) is 23.9. The van der Waals surface area contributed by atoms with Crippen LogP contribution in [-0.4, -0.2) is 29.1 Å². The minimum Gasteiger partial charge on any atom is -0.506 e. The molecule has 0 bridgehead atoms. The number of rotatable bonds is 8. The second-order valence-electron chi connectivity index (χ2n) is 7.14. The van der Waals surface area contributed by atoms with Gasteiger partial charge in [0.25, 0.3) is 0 Å². The summed E-state index contributed by atoms with van der Waals surface area (Å²) >= 11 is 6.70. The van der Waals surface area contributed by atoms with Crippen molar-refractivity contribution in [1.29, 1.82) is 0 Å². The molecule has 3 rings (SSSR count). The number of phenolic OH excluding ortho intramolecular Hbond substituents is 1. The van der Waals surface area contributed by atoms with Crippen molar-refractivity contribution in [2.24, 2.45) is 5.92 Å². The molecule has 1 aliphatic heterocycles. The van der Waals surface area contributed by atoms with E-state index in [1.165, 1.54) is 0 Å². The molecule has 170 valence electrons. The smallest absolute Gasteiger partial charge is 0.412 e. The number of ether oxygens (including phenoxy) is 3. The Bertz CT molecular complexity index is 1040. The van der Waals surface area contributed by atoms with Gasteiger partial charge in [-0.25, -0.2) is 9.59 Å². The first-order valence-electron chi connectivity index (χ1n) is 9.69. The fourth-order valence-corrected chi connectivity index (χ4v) is 4.48. The number of nitrogens with one attached hydrogen (secondary N) is 1. The van der Waals surface area contributed by atoms with Gasteiger partial charge >= 0.3 is 12.1 Å². The largest absolute Gasteiger partial charge is 0.506 e. The molecule has 0 unspecified atom stereocenters. The van der Waals surface area contributed by atoms with Crippen molar-refractivity contribution in [3.05, 3.63) is 57.0 Å². The molecule has 0 fully saturated rings. The monoisotopic (exact) mass is 569 g/mol. The number of carbonyl (C=O) groups is 2. The zero-order valence-electron chi connectivity index (χ0n) is 17.0. The Morgan fingerprint density at radius 3 is 2.72 bits per heavy atom. The van der Waals surface area contributed by atoms with Crippen LogP contribution in [0.4, 0.5) is 10.5 Å². The van der Waals surface area contributed by atoms with E-state index in [4.69, 9.17) is 19.3 Å². The first-order chi connectivity index (χ1) is 15.2. The van der Waals surface area contributed by atoms with Crippen molar-refractivity contribution >= 4 is 49.6 Å².